The Balaban J connectivity index is 1.83. The van der Waals surface area contributed by atoms with E-state index in [9.17, 15) is 0 Å². The highest BCUT2D eigenvalue weighted by Gasteiger charge is 2.14. The maximum Gasteiger partial charge on any atom is 0.197 e. The Labute approximate surface area is 158 Å². The molecule has 128 valence electrons. The molecule has 0 aliphatic carbocycles. The first-order valence-electron chi connectivity index (χ1n) is 8.25. The van der Waals surface area contributed by atoms with E-state index < -0.39 is 0 Å². The molecule has 1 heterocycles. The lowest BCUT2D eigenvalue weighted by molar-refractivity contribution is 0.100. The molecule has 0 fully saturated rings. The van der Waals surface area contributed by atoms with Gasteiger partial charge in [0.1, 0.15) is 6.61 Å². The summed E-state index contributed by atoms with van der Waals surface area (Å²) in [6, 6.07) is 18.8. The number of benzene rings is 2. The molecule has 2 nitrogen and oxygen atoms in total. The van der Waals surface area contributed by atoms with Crippen LogP contribution in [-0.4, -0.2) is 11.3 Å². The highest BCUT2D eigenvalue weighted by molar-refractivity contribution is 7.73. The summed E-state index contributed by atoms with van der Waals surface area (Å²) in [4.78, 5) is 6.14. The van der Waals surface area contributed by atoms with Gasteiger partial charge in [0.25, 0.3) is 0 Å². The third kappa shape index (κ3) is 4.27. The molecule has 25 heavy (non-hydrogen) atoms. The number of rotatable bonds is 7. The van der Waals surface area contributed by atoms with Crippen LogP contribution in [0.1, 0.15) is 23.5 Å². The largest absolute Gasteiger partial charge is 0.411 e. The average molecular weight is 368 g/mol. The van der Waals surface area contributed by atoms with E-state index in [-0.39, 0.29) is 5.92 Å². The van der Waals surface area contributed by atoms with Crippen molar-refractivity contribution in [2.75, 3.05) is 6.61 Å². The van der Waals surface area contributed by atoms with Crippen LogP contribution in [0, 0.1) is 10.9 Å². The Hall–Kier alpha value is -2.17. The molecule has 0 aliphatic heterocycles. The van der Waals surface area contributed by atoms with Crippen LogP contribution in [-0.2, 0) is 0 Å². The molecule has 0 radical (unpaired) electrons. The van der Waals surface area contributed by atoms with Crippen molar-refractivity contribution in [1.82, 2.24) is 4.73 Å². The fourth-order valence-electron chi connectivity index (χ4n) is 2.72. The summed E-state index contributed by atoms with van der Waals surface area (Å²) in [6.45, 7) is 6.52. The maximum absolute atomic E-state index is 6.14. The minimum absolute atomic E-state index is 0.256. The molecule has 3 aromatic rings. The Kier molecular flexibility index (Phi) is 5.84. The SMILES string of the molecule is C=CCC(COn1c(-c2ccc(C)cc2)csc1=S)c1ccccc1. The number of nitrogens with zero attached hydrogens (tertiary/aromatic N) is 1. The quantitative estimate of drug-likeness (QED) is 0.373. The highest BCUT2D eigenvalue weighted by Crippen LogP contribution is 2.25. The molecule has 4 heteroatoms. The van der Waals surface area contributed by atoms with Gasteiger partial charge in [-0.1, -0.05) is 66.2 Å². The van der Waals surface area contributed by atoms with E-state index in [4.69, 9.17) is 17.1 Å². The molecule has 0 amide bonds. The summed E-state index contributed by atoms with van der Waals surface area (Å²) in [5.74, 6) is 0.256. The van der Waals surface area contributed by atoms with Crippen LogP contribution in [0.4, 0.5) is 0 Å². The summed E-state index contributed by atoms with van der Waals surface area (Å²) in [5, 5.41) is 2.05. The van der Waals surface area contributed by atoms with Gasteiger partial charge in [-0.15, -0.1) is 17.9 Å². The van der Waals surface area contributed by atoms with Crippen LogP contribution in [0.25, 0.3) is 11.3 Å². The summed E-state index contributed by atoms with van der Waals surface area (Å²) < 4.78 is 2.50. The van der Waals surface area contributed by atoms with E-state index >= 15 is 0 Å². The first-order chi connectivity index (χ1) is 12.2. The molecule has 0 saturated heterocycles. The van der Waals surface area contributed by atoms with Crippen LogP contribution < -0.4 is 4.84 Å². The fraction of sp³-hybridized carbons (Fsp3) is 0.190. The van der Waals surface area contributed by atoms with Crippen LogP contribution in [0.3, 0.4) is 0 Å². The van der Waals surface area contributed by atoms with Crippen molar-refractivity contribution in [2.45, 2.75) is 19.3 Å². The molecule has 0 spiro atoms. The van der Waals surface area contributed by atoms with Crippen molar-refractivity contribution in [3.05, 3.63) is 87.7 Å². The van der Waals surface area contributed by atoms with Crippen molar-refractivity contribution in [3.8, 4) is 11.3 Å². The number of allylic oxidation sites excluding steroid dienone is 1. The van der Waals surface area contributed by atoms with Gasteiger partial charge in [0.2, 0.25) is 0 Å². The van der Waals surface area contributed by atoms with Gasteiger partial charge in [-0.2, -0.15) is 4.73 Å². The van der Waals surface area contributed by atoms with Crippen molar-refractivity contribution in [1.29, 1.82) is 0 Å². The highest BCUT2D eigenvalue weighted by atomic mass is 32.1. The predicted molar refractivity (Wildman–Crippen MR) is 109 cm³/mol. The van der Waals surface area contributed by atoms with Gasteiger partial charge in [0.05, 0.1) is 5.69 Å². The molecular weight excluding hydrogens is 346 g/mol. The van der Waals surface area contributed by atoms with Gasteiger partial charge < -0.3 is 4.84 Å². The second-order valence-corrected chi connectivity index (χ2v) is 7.48. The van der Waals surface area contributed by atoms with E-state index in [1.54, 1.807) is 4.73 Å². The molecule has 1 aromatic heterocycles. The molecular formula is C21H21NOS2. The minimum Gasteiger partial charge on any atom is -0.411 e. The van der Waals surface area contributed by atoms with Crippen LogP contribution >= 0.6 is 23.6 Å². The van der Waals surface area contributed by atoms with Gasteiger partial charge in [0, 0.05) is 16.9 Å². The molecule has 0 saturated carbocycles. The molecule has 2 aromatic carbocycles. The van der Waals surface area contributed by atoms with Gasteiger partial charge in [-0.3, -0.25) is 0 Å². The molecule has 0 aliphatic rings. The molecule has 0 bridgehead atoms. The van der Waals surface area contributed by atoms with Gasteiger partial charge in [-0.05, 0) is 31.1 Å². The Morgan fingerprint density at radius 1 is 1.16 bits per heavy atom. The lowest BCUT2D eigenvalue weighted by atomic mass is 9.97. The van der Waals surface area contributed by atoms with Crippen molar-refractivity contribution < 1.29 is 4.84 Å². The Morgan fingerprint density at radius 2 is 1.88 bits per heavy atom. The van der Waals surface area contributed by atoms with E-state index in [0.717, 1.165) is 21.6 Å². The Morgan fingerprint density at radius 3 is 2.56 bits per heavy atom. The van der Waals surface area contributed by atoms with E-state index in [2.05, 4.69) is 67.4 Å². The molecule has 3 rings (SSSR count). The van der Waals surface area contributed by atoms with Gasteiger partial charge in [0.15, 0.2) is 3.95 Å². The first-order valence-corrected chi connectivity index (χ1v) is 9.54. The number of hydrogen-bond donors (Lipinski definition) is 0. The summed E-state index contributed by atoms with van der Waals surface area (Å²) >= 11 is 6.99. The molecule has 0 N–H and O–H groups in total. The number of aryl methyl sites for hydroxylation is 1. The first kappa shape index (κ1) is 17.6. The van der Waals surface area contributed by atoms with Crippen molar-refractivity contribution in [2.24, 2.45) is 0 Å². The van der Waals surface area contributed by atoms with Crippen molar-refractivity contribution in [3.63, 3.8) is 0 Å². The van der Waals surface area contributed by atoms with Crippen LogP contribution in [0.2, 0.25) is 0 Å². The normalized spacial score (nSPS) is 11.9. The van der Waals surface area contributed by atoms with Crippen molar-refractivity contribution >= 4 is 23.6 Å². The molecule has 1 atom stereocenters. The zero-order chi connectivity index (χ0) is 17.6. The van der Waals surface area contributed by atoms with Gasteiger partial charge in [-0.25, -0.2) is 0 Å². The fourth-order valence-corrected chi connectivity index (χ4v) is 3.71. The van der Waals surface area contributed by atoms with E-state index in [1.165, 1.54) is 22.5 Å². The zero-order valence-electron chi connectivity index (χ0n) is 14.2. The monoisotopic (exact) mass is 367 g/mol. The summed E-state index contributed by atoms with van der Waals surface area (Å²) in [5.41, 5.74) is 4.60. The number of hydrogen-bond acceptors (Lipinski definition) is 3. The lowest BCUT2D eigenvalue weighted by Gasteiger charge is -2.18. The second-order valence-electron chi connectivity index (χ2n) is 5.98. The van der Waals surface area contributed by atoms with Crippen LogP contribution in [0.15, 0.2) is 72.6 Å². The average Bonchev–Trinajstić information content (AvgIpc) is 3.01. The standard InChI is InChI=1S/C21H21NOS2/c1-3-7-19(17-8-5-4-6-9-17)14-23-22-20(15-25-21(22)24)18-12-10-16(2)11-13-18/h3-6,8-13,15,19H,1,7,14H2,2H3. The van der Waals surface area contributed by atoms with E-state index in [0.29, 0.717) is 6.61 Å². The third-order valence-electron chi connectivity index (χ3n) is 4.13. The third-order valence-corrected chi connectivity index (χ3v) is 5.29. The summed E-state index contributed by atoms with van der Waals surface area (Å²) in [6.07, 6.45) is 2.80. The molecule has 1 unspecified atom stereocenters. The smallest absolute Gasteiger partial charge is 0.197 e. The Bertz CT molecular complexity index is 878. The zero-order valence-corrected chi connectivity index (χ0v) is 15.9. The van der Waals surface area contributed by atoms with E-state index in [1.807, 2.05) is 12.1 Å². The number of thiazole rings is 1. The lowest BCUT2D eigenvalue weighted by Crippen LogP contribution is -2.19. The topological polar surface area (TPSA) is 14.2 Å². The van der Waals surface area contributed by atoms with Crippen LogP contribution in [0.5, 0.6) is 0 Å². The maximum atomic E-state index is 6.14. The predicted octanol–water partition coefficient (Wildman–Crippen LogP) is 6.04. The number of aromatic nitrogens is 1. The van der Waals surface area contributed by atoms with Gasteiger partial charge >= 0.3 is 0 Å². The summed E-state index contributed by atoms with van der Waals surface area (Å²) in [7, 11) is 0. The second kappa shape index (κ2) is 8.28. The minimum atomic E-state index is 0.256.